The minimum atomic E-state index is 0.903. The van der Waals surface area contributed by atoms with Gasteiger partial charge in [-0.2, -0.15) is 0 Å². The van der Waals surface area contributed by atoms with Gasteiger partial charge in [0, 0.05) is 34.5 Å². The molecule has 2 aromatic heterocycles. The highest BCUT2D eigenvalue weighted by atomic mass is 15.1. The Balaban J connectivity index is 1.28. The summed E-state index contributed by atoms with van der Waals surface area (Å²) in [5.74, 6) is 0. The fourth-order valence-corrected chi connectivity index (χ4v) is 6.82. The number of anilines is 3. The Bertz CT molecular complexity index is 2330. The summed E-state index contributed by atoms with van der Waals surface area (Å²) in [7, 11) is 0. The fourth-order valence-electron chi connectivity index (χ4n) is 6.82. The minimum Gasteiger partial charge on any atom is -0.310 e. The van der Waals surface area contributed by atoms with Gasteiger partial charge in [0.2, 0.25) is 0 Å². The number of fused-ring (bicyclic) bond motifs is 6. The van der Waals surface area contributed by atoms with Gasteiger partial charge in [0.15, 0.2) is 0 Å². The standard InChI is InChI=1S/C40H25N3/c1-2-12-28(13-3-1)43(37-25-27-11-8-22-41-39(27)40-36(37)19-9-23-42-40)29-14-6-10-26(24-29)30-20-21-35-32-16-5-4-15-31(32)34-18-7-17-33(30)38(34)35/h1-25H. The molecule has 0 amide bonds. The van der Waals surface area contributed by atoms with Gasteiger partial charge in [-0.05, 0) is 92.7 Å². The quantitative estimate of drug-likeness (QED) is 0.205. The summed E-state index contributed by atoms with van der Waals surface area (Å²) >= 11 is 0. The molecule has 0 N–H and O–H groups in total. The van der Waals surface area contributed by atoms with Crippen LogP contribution in [0.5, 0.6) is 0 Å². The molecule has 0 atom stereocenters. The maximum Gasteiger partial charge on any atom is 0.0985 e. The van der Waals surface area contributed by atoms with E-state index in [4.69, 9.17) is 9.97 Å². The molecule has 3 nitrogen and oxygen atoms in total. The summed E-state index contributed by atoms with van der Waals surface area (Å²) in [6, 6.07) is 50.0. The third-order valence-electron chi connectivity index (χ3n) is 8.66. The maximum absolute atomic E-state index is 4.79. The lowest BCUT2D eigenvalue weighted by Crippen LogP contribution is -2.11. The minimum absolute atomic E-state index is 0.903. The van der Waals surface area contributed by atoms with Crippen molar-refractivity contribution in [2.24, 2.45) is 0 Å². The SMILES string of the molecule is c1ccc(N(c2cccc(-c3ccc4c5c(cccc35)-c3ccccc3-4)c2)c2cc3cccnc3c3ncccc23)cc1. The molecule has 3 heteroatoms. The van der Waals surface area contributed by atoms with E-state index in [0.717, 1.165) is 38.9 Å². The molecule has 43 heavy (non-hydrogen) atoms. The number of benzene rings is 6. The maximum atomic E-state index is 4.79. The summed E-state index contributed by atoms with van der Waals surface area (Å²) in [4.78, 5) is 11.8. The zero-order valence-electron chi connectivity index (χ0n) is 23.3. The van der Waals surface area contributed by atoms with Crippen molar-refractivity contribution in [3.63, 3.8) is 0 Å². The molecule has 9 rings (SSSR count). The van der Waals surface area contributed by atoms with Crippen molar-refractivity contribution in [2.75, 3.05) is 4.90 Å². The van der Waals surface area contributed by atoms with Crippen LogP contribution in [0.1, 0.15) is 0 Å². The van der Waals surface area contributed by atoms with E-state index >= 15 is 0 Å². The van der Waals surface area contributed by atoms with Gasteiger partial charge in [-0.15, -0.1) is 0 Å². The Labute approximate surface area is 249 Å². The van der Waals surface area contributed by atoms with Crippen LogP contribution in [0, 0.1) is 0 Å². The predicted octanol–water partition coefficient (Wildman–Crippen LogP) is 10.7. The van der Waals surface area contributed by atoms with Gasteiger partial charge in [-0.3, -0.25) is 9.97 Å². The molecule has 0 unspecified atom stereocenters. The smallest absolute Gasteiger partial charge is 0.0985 e. The lowest BCUT2D eigenvalue weighted by Gasteiger charge is -2.27. The number of hydrogen-bond acceptors (Lipinski definition) is 3. The van der Waals surface area contributed by atoms with Crippen LogP contribution in [0.25, 0.3) is 66.0 Å². The Kier molecular flexibility index (Phi) is 5.20. The molecule has 200 valence electrons. The molecule has 1 aliphatic carbocycles. The first-order valence-corrected chi connectivity index (χ1v) is 14.6. The summed E-state index contributed by atoms with van der Waals surface area (Å²) in [6.45, 7) is 0. The van der Waals surface area contributed by atoms with E-state index < -0.39 is 0 Å². The zero-order chi connectivity index (χ0) is 28.3. The van der Waals surface area contributed by atoms with Crippen molar-refractivity contribution < 1.29 is 0 Å². The number of rotatable bonds is 4. The van der Waals surface area contributed by atoms with Gasteiger partial charge in [0.1, 0.15) is 0 Å². The van der Waals surface area contributed by atoms with Crippen LogP contribution in [0.4, 0.5) is 17.1 Å². The number of pyridine rings is 2. The monoisotopic (exact) mass is 547 g/mol. The van der Waals surface area contributed by atoms with E-state index in [-0.39, 0.29) is 0 Å². The van der Waals surface area contributed by atoms with Crippen molar-refractivity contribution >= 4 is 49.6 Å². The number of hydrogen-bond donors (Lipinski definition) is 0. The molecule has 0 bridgehead atoms. The molecule has 0 spiro atoms. The Morgan fingerprint density at radius 2 is 1.07 bits per heavy atom. The van der Waals surface area contributed by atoms with Crippen LogP contribution in [0.2, 0.25) is 0 Å². The largest absolute Gasteiger partial charge is 0.310 e. The van der Waals surface area contributed by atoms with Crippen molar-refractivity contribution in [3.8, 4) is 33.4 Å². The van der Waals surface area contributed by atoms with Crippen molar-refractivity contribution in [1.29, 1.82) is 0 Å². The zero-order valence-corrected chi connectivity index (χ0v) is 23.3. The van der Waals surface area contributed by atoms with Crippen LogP contribution < -0.4 is 4.90 Å². The second kappa shape index (κ2) is 9.37. The van der Waals surface area contributed by atoms with Gasteiger partial charge in [-0.25, -0.2) is 0 Å². The van der Waals surface area contributed by atoms with Crippen molar-refractivity contribution in [2.45, 2.75) is 0 Å². The Morgan fingerprint density at radius 1 is 0.419 bits per heavy atom. The molecule has 2 heterocycles. The first-order valence-electron chi connectivity index (χ1n) is 14.6. The third-order valence-corrected chi connectivity index (χ3v) is 8.66. The molecule has 0 radical (unpaired) electrons. The van der Waals surface area contributed by atoms with Crippen LogP contribution in [-0.4, -0.2) is 9.97 Å². The molecule has 0 aliphatic heterocycles. The number of para-hydroxylation sites is 1. The summed E-state index contributed by atoms with van der Waals surface area (Å²) < 4.78 is 0. The van der Waals surface area contributed by atoms with E-state index in [1.165, 1.54) is 44.2 Å². The topological polar surface area (TPSA) is 29.0 Å². The van der Waals surface area contributed by atoms with E-state index in [1.807, 2.05) is 24.5 Å². The number of nitrogens with zero attached hydrogens (tertiary/aromatic N) is 3. The third kappa shape index (κ3) is 3.62. The summed E-state index contributed by atoms with van der Waals surface area (Å²) in [5.41, 5.74) is 12.7. The molecule has 0 saturated carbocycles. The van der Waals surface area contributed by atoms with Crippen LogP contribution in [0.15, 0.2) is 152 Å². The molecule has 0 fully saturated rings. The van der Waals surface area contributed by atoms with Gasteiger partial charge >= 0.3 is 0 Å². The Hall–Kier alpha value is -5.80. The fraction of sp³-hybridized carbons (Fsp3) is 0. The second-order valence-electron chi connectivity index (χ2n) is 11.0. The van der Waals surface area contributed by atoms with E-state index in [0.29, 0.717) is 0 Å². The van der Waals surface area contributed by atoms with Crippen molar-refractivity contribution in [1.82, 2.24) is 9.97 Å². The summed E-state index contributed by atoms with van der Waals surface area (Å²) in [6.07, 6.45) is 3.69. The van der Waals surface area contributed by atoms with E-state index in [2.05, 4.69) is 132 Å². The van der Waals surface area contributed by atoms with E-state index in [9.17, 15) is 0 Å². The molecular formula is C40H25N3. The highest BCUT2D eigenvalue weighted by Crippen LogP contribution is 2.49. The Morgan fingerprint density at radius 3 is 1.93 bits per heavy atom. The van der Waals surface area contributed by atoms with E-state index in [1.54, 1.807) is 0 Å². The molecule has 8 aromatic rings. The first-order chi connectivity index (χ1) is 21.3. The van der Waals surface area contributed by atoms with Crippen LogP contribution in [0.3, 0.4) is 0 Å². The normalized spacial score (nSPS) is 11.7. The lowest BCUT2D eigenvalue weighted by atomic mass is 9.94. The molecule has 6 aromatic carbocycles. The second-order valence-corrected chi connectivity index (χ2v) is 11.0. The number of aromatic nitrogens is 2. The highest BCUT2D eigenvalue weighted by molar-refractivity contribution is 6.19. The van der Waals surface area contributed by atoms with Crippen molar-refractivity contribution in [3.05, 3.63) is 152 Å². The van der Waals surface area contributed by atoms with Crippen LogP contribution >= 0.6 is 0 Å². The first kappa shape index (κ1) is 23.9. The highest BCUT2D eigenvalue weighted by Gasteiger charge is 2.23. The van der Waals surface area contributed by atoms with Gasteiger partial charge in [-0.1, -0.05) is 91.0 Å². The van der Waals surface area contributed by atoms with Gasteiger partial charge < -0.3 is 4.90 Å². The molecular weight excluding hydrogens is 522 g/mol. The average molecular weight is 548 g/mol. The van der Waals surface area contributed by atoms with Crippen LogP contribution in [-0.2, 0) is 0 Å². The lowest BCUT2D eigenvalue weighted by molar-refractivity contribution is 1.29. The molecule has 0 saturated heterocycles. The molecule has 1 aliphatic rings. The van der Waals surface area contributed by atoms with Gasteiger partial charge in [0.25, 0.3) is 0 Å². The average Bonchev–Trinajstić information content (AvgIpc) is 3.41. The summed E-state index contributed by atoms with van der Waals surface area (Å²) in [5, 5.41) is 4.74. The van der Waals surface area contributed by atoms with Gasteiger partial charge in [0.05, 0.1) is 16.7 Å². The predicted molar refractivity (Wildman–Crippen MR) is 179 cm³/mol.